The number of ether oxygens (including phenoxy) is 2. The molecule has 22 heavy (non-hydrogen) atoms. The second kappa shape index (κ2) is 9.13. The molecule has 0 fully saturated rings. The number of benzene rings is 2. The van der Waals surface area contributed by atoms with Gasteiger partial charge in [-0.2, -0.15) is 0 Å². The van der Waals surface area contributed by atoms with Crippen LogP contribution in [-0.4, -0.2) is 25.7 Å². The van der Waals surface area contributed by atoms with Crippen LogP contribution in [0.5, 0.6) is 0 Å². The quantitative estimate of drug-likeness (QED) is 0.539. The zero-order valence-corrected chi connectivity index (χ0v) is 13.2. The molecule has 2 aromatic carbocycles. The molecule has 0 heterocycles. The average molecular weight is 297 g/mol. The van der Waals surface area contributed by atoms with Gasteiger partial charge in [-0.3, -0.25) is 4.99 Å². The molecule has 0 aliphatic carbocycles. The summed E-state index contributed by atoms with van der Waals surface area (Å²) in [6.07, 6.45) is 1.50. The molecule has 0 aliphatic heterocycles. The van der Waals surface area contributed by atoms with Gasteiger partial charge in [0.25, 0.3) is 0 Å². The lowest BCUT2D eigenvalue weighted by Crippen LogP contribution is -2.25. The van der Waals surface area contributed by atoms with Crippen molar-refractivity contribution >= 4 is 6.21 Å². The van der Waals surface area contributed by atoms with Crippen LogP contribution in [0.3, 0.4) is 0 Å². The van der Waals surface area contributed by atoms with Gasteiger partial charge in [-0.05, 0) is 25.0 Å². The number of aliphatic imine (C=N–C) groups is 1. The molecule has 2 aromatic rings. The van der Waals surface area contributed by atoms with Crippen molar-refractivity contribution in [1.82, 2.24) is 0 Å². The summed E-state index contributed by atoms with van der Waals surface area (Å²) < 4.78 is 11.5. The van der Waals surface area contributed by atoms with Gasteiger partial charge in [-0.25, -0.2) is 0 Å². The number of rotatable bonds is 8. The third kappa shape index (κ3) is 4.79. The Labute approximate surface area is 132 Å². The molecule has 1 atom stereocenters. The van der Waals surface area contributed by atoms with Crippen molar-refractivity contribution in [2.24, 2.45) is 4.99 Å². The van der Waals surface area contributed by atoms with Crippen molar-refractivity contribution in [3.8, 4) is 0 Å². The van der Waals surface area contributed by atoms with E-state index in [0.29, 0.717) is 13.2 Å². The van der Waals surface area contributed by atoms with Crippen LogP contribution in [0, 0.1) is 0 Å². The highest BCUT2D eigenvalue weighted by Crippen LogP contribution is 2.24. The Kier molecular flexibility index (Phi) is 6.81. The van der Waals surface area contributed by atoms with Crippen LogP contribution < -0.4 is 0 Å². The Balaban J connectivity index is 2.26. The lowest BCUT2D eigenvalue weighted by atomic mass is 10.1. The Hall–Kier alpha value is -1.97. The Morgan fingerprint density at radius 1 is 0.864 bits per heavy atom. The van der Waals surface area contributed by atoms with E-state index >= 15 is 0 Å². The zero-order chi connectivity index (χ0) is 15.6. The van der Waals surface area contributed by atoms with Crippen molar-refractivity contribution in [2.75, 3.05) is 13.2 Å². The molecule has 3 nitrogen and oxygen atoms in total. The van der Waals surface area contributed by atoms with E-state index in [4.69, 9.17) is 14.5 Å². The predicted molar refractivity (Wildman–Crippen MR) is 90.3 cm³/mol. The lowest BCUT2D eigenvalue weighted by Gasteiger charge is -2.24. The van der Waals surface area contributed by atoms with E-state index in [2.05, 4.69) is 12.1 Å². The first-order chi connectivity index (χ1) is 10.8. The van der Waals surface area contributed by atoms with Gasteiger partial charge >= 0.3 is 0 Å². The van der Waals surface area contributed by atoms with Crippen molar-refractivity contribution in [3.63, 3.8) is 0 Å². The third-order valence-electron chi connectivity index (χ3n) is 3.24. The van der Waals surface area contributed by atoms with Gasteiger partial charge in [0.05, 0.1) is 0 Å². The topological polar surface area (TPSA) is 30.8 Å². The molecule has 3 heteroatoms. The Bertz CT molecular complexity index is 548. The summed E-state index contributed by atoms with van der Waals surface area (Å²) >= 11 is 0. The van der Waals surface area contributed by atoms with E-state index in [1.165, 1.54) is 0 Å². The van der Waals surface area contributed by atoms with E-state index in [-0.39, 0.29) is 12.3 Å². The van der Waals surface area contributed by atoms with Gasteiger partial charge in [0, 0.05) is 19.4 Å². The summed E-state index contributed by atoms with van der Waals surface area (Å²) in [5, 5.41) is 0. The standard InChI is InChI=1S/C19H23NO2/c1-3-21-19(22-4-2)18(17-13-9-6-10-14-17)20-15-16-11-7-5-8-12-16/h5-15,18-19H,3-4H2,1-2H3/b20-15-. The van der Waals surface area contributed by atoms with Crippen LogP contribution in [0.2, 0.25) is 0 Å². The van der Waals surface area contributed by atoms with E-state index < -0.39 is 0 Å². The molecule has 0 aliphatic rings. The Morgan fingerprint density at radius 3 is 1.95 bits per heavy atom. The third-order valence-corrected chi connectivity index (χ3v) is 3.24. The first-order valence-corrected chi connectivity index (χ1v) is 7.71. The number of hydrogen-bond acceptors (Lipinski definition) is 3. The van der Waals surface area contributed by atoms with Gasteiger partial charge in [0.15, 0.2) is 6.29 Å². The van der Waals surface area contributed by atoms with E-state index in [0.717, 1.165) is 11.1 Å². The van der Waals surface area contributed by atoms with Gasteiger partial charge in [0.2, 0.25) is 0 Å². The number of hydrogen-bond donors (Lipinski definition) is 0. The zero-order valence-electron chi connectivity index (χ0n) is 13.2. The molecule has 0 saturated heterocycles. The molecule has 0 spiro atoms. The van der Waals surface area contributed by atoms with E-state index in [9.17, 15) is 0 Å². The smallest absolute Gasteiger partial charge is 0.183 e. The van der Waals surface area contributed by atoms with Gasteiger partial charge in [-0.1, -0.05) is 60.7 Å². The highest BCUT2D eigenvalue weighted by Gasteiger charge is 2.22. The molecule has 0 amide bonds. The lowest BCUT2D eigenvalue weighted by molar-refractivity contribution is -0.148. The first kappa shape index (κ1) is 16.4. The summed E-state index contributed by atoms with van der Waals surface area (Å²) in [5.41, 5.74) is 2.15. The minimum absolute atomic E-state index is 0.179. The molecule has 0 aromatic heterocycles. The van der Waals surface area contributed by atoms with E-state index in [1.54, 1.807) is 0 Å². The largest absolute Gasteiger partial charge is 0.350 e. The maximum atomic E-state index is 5.75. The summed E-state index contributed by atoms with van der Waals surface area (Å²) in [6.45, 7) is 5.12. The minimum atomic E-state index is -0.377. The molecular formula is C19H23NO2. The SMILES string of the molecule is CCOC(OCC)C(/N=C\c1ccccc1)c1ccccc1. The fraction of sp³-hybridized carbons (Fsp3) is 0.316. The van der Waals surface area contributed by atoms with Gasteiger partial charge in [0.1, 0.15) is 6.04 Å². The molecule has 2 rings (SSSR count). The van der Waals surface area contributed by atoms with Gasteiger partial charge in [-0.15, -0.1) is 0 Å². The van der Waals surface area contributed by atoms with Crippen molar-refractivity contribution < 1.29 is 9.47 Å². The summed E-state index contributed by atoms with van der Waals surface area (Å²) in [5.74, 6) is 0. The predicted octanol–water partition coefficient (Wildman–Crippen LogP) is 4.25. The second-order valence-electron chi connectivity index (χ2n) is 4.82. The fourth-order valence-electron chi connectivity index (χ4n) is 2.23. The molecule has 0 N–H and O–H groups in total. The molecular weight excluding hydrogens is 274 g/mol. The molecule has 0 radical (unpaired) electrons. The highest BCUT2D eigenvalue weighted by atomic mass is 16.7. The molecule has 1 unspecified atom stereocenters. The van der Waals surface area contributed by atoms with Crippen molar-refractivity contribution in [2.45, 2.75) is 26.2 Å². The van der Waals surface area contributed by atoms with Gasteiger partial charge < -0.3 is 9.47 Å². The number of nitrogens with zero attached hydrogens (tertiary/aromatic N) is 1. The van der Waals surface area contributed by atoms with Crippen LogP contribution in [0.4, 0.5) is 0 Å². The molecule has 116 valence electrons. The maximum absolute atomic E-state index is 5.75. The average Bonchev–Trinajstić information content (AvgIpc) is 2.57. The highest BCUT2D eigenvalue weighted by molar-refractivity contribution is 5.79. The molecule has 0 saturated carbocycles. The van der Waals surface area contributed by atoms with Crippen LogP contribution in [-0.2, 0) is 9.47 Å². The van der Waals surface area contributed by atoms with E-state index in [1.807, 2.05) is 68.6 Å². The monoisotopic (exact) mass is 297 g/mol. The van der Waals surface area contributed by atoms with Crippen LogP contribution in [0.1, 0.15) is 31.0 Å². The Morgan fingerprint density at radius 2 is 1.41 bits per heavy atom. The first-order valence-electron chi connectivity index (χ1n) is 7.71. The summed E-state index contributed by atoms with van der Waals surface area (Å²) in [6, 6.07) is 20.0. The van der Waals surface area contributed by atoms with Crippen molar-refractivity contribution in [1.29, 1.82) is 0 Å². The fourth-order valence-corrected chi connectivity index (χ4v) is 2.23. The minimum Gasteiger partial charge on any atom is -0.350 e. The van der Waals surface area contributed by atoms with Crippen LogP contribution in [0.15, 0.2) is 65.7 Å². The van der Waals surface area contributed by atoms with Crippen LogP contribution in [0.25, 0.3) is 0 Å². The van der Waals surface area contributed by atoms with Crippen LogP contribution >= 0.6 is 0 Å². The van der Waals surface area contributed by atoms with Crippen molar-refractivity contribution in [3.05, 3.63) is 71.8 Å². The maximum Gasteiger partial charge on any atom is 0.183 e. The second-order valence-corrected chi connectivity index (χ2v) is 4.82. The normalized spacial score (nSPS) is 12.9. The molecule has 0 bridgehead atoms. The summed E-state index contributed by atoms with van der Waals surface area (Å²) in [4.78, 5) is 4.73. The summed E-state index contributed by atoms with van der Waals surface area (Å²) in [7, 11) is 0.